The van der Waals surface area contributed by atoms with E-state index in [4.69, 9.17) is 4.74 Å². The molecule has 0 atom stereocenters. The van der Waals surface area contributed by atoms with Gasteiger partial charge in [0.2, 0.25) is 0 Å². The highest BCUT2D eigenvalue weighted by Crippen LogP contribution is 2.11. The maximum atomic E-state index is 5.53. The molecule has 1 aliphatic rings. The van der Waals surface area contributed by atoms with Crippen LogP contribution < -0.4 is 10.1 Å². The molecule has 1 heterocycles. The van der Waals surface area contributed by atoms with E-state index >= 15 is 0 Å². The summed E-state index contributed by atoms with van der Waals surface area (Å²) in [5.41, 5.74) is 0. The molecule has 1 aliphatic heterocycles. The fraction of sp³-hybridized carbons (Fsp3) is 0.333. The summed E-state index contributed by atoms with van der Waals surface area (Å²) in [4.78, 5) is 0. The number of ether oxygens (including phenoxy) is 1. The highest BCUT2D eigenvalue weighted by atomic mass is 16.5. The minimum atomic E-state index is 0.355. The Kier molecular flexibility index (Phi) is 1.78. The SMILES string of the molecule is [c]1ccccc1OC1CNC1. The molecule has 0 aliphatic carbocycles. The Morgan fingerprint density at radius 1 is 1.45 bits per heavy atom. The van der Waals surface area contributed by atoms with Gasteiger partial charge in [0, 0.05) is 19.2 Å². The van der Waals surface area contributed by atoms with Gasteiger partial charge >= 0.3 is 0 Å². The second-order valence-corrected chi connectivity index (χ2v) is 2.62. The summed E-state index contributed by atoms with van der Waals surface area (Å²) >= 11 is 0. The van der Waals surface area contributed by atoms with Crippen LogP contribution in [0.15, 0.2) is 24.3 Å². The van der Waals surface area contributed by atoms with Gasteiger partial charge in [-0.2, -0.15) is 0 Å². The smallest absolute Gasteiger partial charge is 0.127 e. The Morgan fingerprint density at radius 3 is 2.91 bits per heavy atom. The van der Waals surface area contributed by atoms with E-state index < -0.39 is 0 Å². The van der Waals surface area contributed by atoms with Crippen LogP contribution >= 0.6 is 0 Å². The third-order valence-electron chi connectivity index (χ3n) is 1.72. The molecule has 0 spiro atoms. The number of benzene rings is 1. The Balaban J connectivity index is 1.95. The number of rotatable bonds is 2. The molecule has 1 N–H and O–H groups in total. The molecular weight excluding hydrogens is 138 g/mol. The van der Waals surface area contributed by atoms with Gasteiger partial charge in [0.15, 0.2) is 0 Å². The van der Waals surface area contributed by atoms with Gasteiger partial charge in [0.1, 0.15) is 11.9 Å². The Labute approximate surface area is 66.2 Å². The lowest BCUT2D eigenvalue weighted by Crippen LogP contribution is -2.50. The molecule has 1 radical (unpaired) electrons. The summed E-state index contributed by atoms with van der Waals surface area (Å²) in [6, 6.07) is 10.7. The molecule has 1 saturated heterocycles. The number of hydrogen-bond donors (Lipinski definition) is 1. The third-order valence-corrected chi connectivity index (χ3v) is 1.72. The van der Waals surface area contributed by atoms with E-state index in [1.807, 2.05) is 24.3 Å². The fourth-order valence-electron chi connectivity index (χ4n) is 0.975. The van der Waals surface area contributed by atoms with Crippen molar-refractivity contribution in [3.05, 3.63) is 30.3 Å². The van der Waals surface area contributed by atoms with Gasteiger partial charge in [-0.3, -0.25) is 0 Å². The lowest BCUT2D eigenvalue weighted by atomic mass is 10.2. The molecule has 1 fully saturated rings. The van der Waals surface area contributed by atoms with Crippen LogP contribution in [0, 0.1) is 6.07 Å². The van der Waals surface area contributed by atoms with Crippen molar-refractivity contribution >= 4 is 0 Å². The lowest BCUT2D eigenvalue weighted by molar-refractivity contribution is 0.142. The van der Waals surface area contributed by atoms with Crippen molar-refractivity contribution in [3.8, 4) is 5.75 Å². The normalized spacial score (nSPS) is 17.5. The summed E-state index contributed by atoms with van der Waals surface area (Å²) < 4.78 is 5.53. The summed E-state index contributed by atoms with van der Waals surface area (Å²) in [6.07, 6.45) is 0.355. The van der Waals surface area contributed by atoms with Crippen molar-refractivity contribution in [2.24, 2.45) is 0 Å². The van der Waals surface area contributed by atoms with Crippen LogP contribution in [0.25, 0.3) is 0 Å². The third kappa shape index (κ3) is 1.52. The maximum absolute atomic E-state index is 5.53. The predicted octanol–water partition coefficient (Wildman–Crippen LogP) is 0.837. The monoisotopic (exact) mass is 148 g/mol. The average Bonchev–Trinajstić information content (AvgIpc) is 1.99. The lowest BCUT2D eigenvalue weighted by Gasteiger charge is -2.27. The van der Waals surface area contributed by atoms with Crippen LogP contribution in [0.1, 0.15) is 0 Å². The minimum absolute atomic E-state index is 0.355. The number of hydrogen-bond acceptors (Lipinski definition) is 2. The molecule has 1 aromatic rings. The molecule has 0 unspecified atom stereocenters. The van der Waals surface area contributed by atoms with Crippen LogP contribution in [-0.2, 0) is 0 Å². The van der Waals surface area contributed by atoms with E-state index in [-0.39, 0.29) is 0 Å². The fourth-order valence-corrected chi connectivity index (χ4v) is 0.975. The van der Waals surface area contributed by atoms with Gasteiger partial charge in [0.05, 0.1) is 0 Å². The van der Waals surface area contributed by atoms with Crippen LogP contribution in [0.5, 0.6) is 5.75 Å². The zero-order valence-corrected chi connectivity index (χ0v) is 6.21. The van der Waals surface area contributed by atoms with E-state index in [9.17, 15) is 0 Å². The quantitative estimate of drug-likeness (QED) is 0.671. The van der Waals surface area contributed by atoms with Crippen molar-refractivity contribution < 1.29 is 4.74 Å². The standard InChI is InChI=1S/C9H10NO/c1-2-4-8(5-3-1)11-9-6-10-7-9/h1-4,9-10H,6-7H2. The highest BCUT2D eigenvalue weighted by molar-refractivity contribution is 5.19. The molecule has 0 bridgehead atoms. The molecule has 0 aromatic heterocycles. The molecule has 2 rings (SSSR count). The van der Waals surface area contributed by atoms with Gasteiger partial charge in [-0.15, -0.1) is 0 Å². The molecule has 0 saturated carbocycles. The highest BCUT2D eigenvalue weighted by Gasteiger charge is 2.17. The van der Waals surface area contributed by atoms with E-state index in [2.05, 4.69) is 11.4 Å². The van der Waals surface area contributed by atoms with Crippen LogP contribution in [0.2, 0.25) is 0 Å². The Morgan fingerprint density at radius 2 is 2.36 bits per heavy atom. The van der Waals surface area contributed by atoms with E-state index in [1.165, 1.54) is 0 Å². The molecule has 1 aromatic carbocycles. The minimum Gasteiger partial charge on any atom is -0.487 e. The first-order valence-corrected chi connectivity index (χ1v) is 3.79. The molecule has 0 amide bonds. The summed E-state index contributed by atoms with van der Waals surface area (Å²) in [5.74, 6) is 0.846. The van der Waals surface area contributed by atoms with Gasteiger partial charge in [-0.25, -0.2) is 0 Å². The van der Waals surface area contributed by atoms with E-state index in [1.54, 1.807) is 0 Å². The van der Waals surface area contributed by atoms with Crippen LogP contribution in [0.3, 0.4) is 0 Å². The zero-order chi connectivity index (χ0) is 7.52. The molecule has 2 heteroatoms. The first-order valence-electron chi connectivity index (χ1n) is 3.79. The van der Waals surface area contributed by atoms with E-state index in [0.29, 0.717) is 6.10 Å². The summed E-state index contributed by atoms with van der Waals surface area (Å²) in [5, 5.41) is 3.14. The predicted molar refractivity (Wildman–Crippen MR) is 42.6 cm³/mol. The topological polar surface area (TPSA) is 21.3 Å². The van der Waals surface area contributed by atoms with E-state index in [0.717, 1.165) is 18.8 Å². The Hall–Kier alpha value is -1.02. The number of nitrogens with one attached hydrogen (secondary N) is 1. The molecule has 2 nitrogen and oxygen atoms in total. The first-order chi connectivity index (χ1) is 5.45. The second kappa shape index (κ2) is 2.93. The summed E-state index contributed by atoms with van der Waals surface area (Å²) in [7, 11) is 0. The zero-order valence-electron chi connectivity index (χ0n) is 6.21. The Bertz CT molecular complexity index is 218. The molecule has 57 valence electrons. The van der Waals surface area contributed by atoms with Crippen molar-refractivity contribution in [3.63, 3.8) is 0 Å². The van der Waals surface area contributed by atoms with Crippen LogP contribution in [-0.4, -0.2) is 19.2 Å². The first kappa shape index (κ1) is 6.68. The van der Waals surface area contributed by atoms with Crippen molar-refractivity contribution in [1.29, 1.82) is 0 Å². The molecule has 11 heavy (non-hydrogen) atoms. The number of para-hydroxylation sites is 1. The van der Waals surface area contributed by atoms with Gasteiger partial charge in [0.25, 0.3) is 0 Å². The maximum Gasteiger partial charge on any atom is 0.127 e. The largest absolute Gasteiger partial charge is 0.487 e. The van der Waals surface area contributed by atoms with Crippen molar-refractivity contribution in [1.82, 2.24) is 5.32 Å². The van der Waals surface area contributed by atoms with Gasteiger partial charge in [-0.1, -0.05) is 18.2 Å². The van der Waals surface area contributed by atoms with Gasteiger partial charge in [-0.05, 0) is 6.07 Å². The second-order valence-electron chi connectivity index (χ2n) is 2.62. The van der Waals surface area contributed by atoms with Gasteiger partial charge < -0.3 is 10.1 Å². The molecular formula is C9H10NO. The van der Waals surface area contributed by atoms with Crippen LogP contribution in [0.4, 0.5) is 0 Å². The summed E-state index contributed by atoms with van der Waals surface area (Å²) in [6.45, 7) is 1.92. The van der Waals surface area contributed by atoms with Crippen molar-refractivity contribution in [2.75, 3.05) is 13.1 Å². The van der Waals surface area contributed by atoms with Crippen molar-refractivity contribution in [2.45, 2.75) is 6.10 Å². The average molecular weight is 148 g/mol.